The van der Waals surface area contributed by atoms with E-state index in [0.717, 1.165) is 5.56 Å². The summed E-state index contributed by atoms with van der Waals surface area (Å²) in [5, 5.41) is 12.5. The highest BCUT2D eigenvalue weighted by molar-refractivity contribution is 7.71. The number of carbonyl (C=O) groups excluding carboxylic acids is 2. The van der Waals surface area contributed by atoms with E-state index < -0.39 is 0 Å². The van der Waals surface area contributed by atoms with E-state index in [1.54, 1.807) is 42.5 Å². The molecule has 0 radical (unpaired) electrons. The smallest absolute Gasteiger partial charge is 0.255 e. The minimum absolute atomic E-state index is 0.222. The number of nitrogens with one attached hydrogen (secondary N) is 3. The second kappa shape index (κ2) is 8.62. The van der Waals surface area contributed by atoms with Crippen LogP contribution in [0.2, 0.25) is 0 Å². The molecule has 0 fully saturated rings. The number of aromatic amines is 1. The first kappa shape index (κ1) is 19.5. The molecular formula is C20H21N5O2S. The van der Waals surface area contributed by atoms with Crippen LogP contribution in [0.1, 0.15) is 39.0 Å². The maximum atomic E-state index is 12.5. The van der Waals surface area contributed by atoms with Crippen molar-refractivity contribution in [1.82, 2.24) is 20.1 Å². The number of hydrogen-bond donors (Lipinski definition) is 3. The highest BCUT2D eigenvalue weighted by Gasteiger charge is 2.12. The normalized spacial score (nSPS) is 10.5. The third-order valence-corrected chi connectivity index (χ3v) is 4.66. The molecule has 7 nitrogen and oxygen atoms in total. The molecule has 1 aromatic heterocycles. The summed E-state index contributed by atoms with van der Waals surface area (Å²) in [6, 6.07) is 14.1. The van der Waals surface area contributed by atoms with Gasteiger partial charge in [0.1, 0.15) is 0 Å². The molecule has 144 valence electrons. The zero-order valence-corrected chi connectivity index (χ0v) is 16.5. The quantitative estimate of drug-likeness (QED) is 0.558. The first-order valence-electron chi connectivity index (χ1n) is 8.89. The fourth-order valence-electron chi connectivity index (χ4n) is 2.75. The predicted molar refractivity (Wildman–Crippen MR) is 110 cm³/mol. The van der Waals surface area contributed by atoms with Crippen LogP contribution in [0.25, 0.3) is 0 Å². The number of aryl methyl sites for hydroxylation is 1. The van der Waals surface area contributed by atoms with E-state index in [1.807, 2.05) is 24.5 Å². The lowest BCUT2D eigenvalue weighted by atomic mass is 10.1. The molecule has 2 aromatic carbocycles. The average Bonchev–Trinajstić information content (AvgIpc) is 3.07. The van der Waals surface area contributed by atoms with Crippen molar-refractivity contribution in [2.24, 2.45) is 0 Å². The Hall–Kier alpha value is -3.26. The van der Waals surface area contributed by atoms with Gasteiger partial charge in [0.2, 0.25) is 0 Å². The van der Waals surface area contributed by atoms with Crippen LogP contribution in [-0.4, -0.2) is 26.6 Å². The first-order valence-corrected chi connectivity index (χ1v) is 9.29. The van der Waals surface area contributed by atoms with Crippen molar-refractivity contribution in [3.63, 3.8) is 0 Å². The number of nitrogens with zero attached hydrogens (tertiary/aromatic N) is 2. The van der Waals surface area contributed by atoms with Crippen molar-refractivity contribution in [3.05, 3.63) is 75.8 Å². The van der Waals surface area contributed by atoms with E-state index in [-0.39, 0.29) is 18.4 Å². The molecule has 0 atom stereocenters. The Bertz CT molecular complexity index is 1060. The van der Waals surface area contributed by atoms with E-state index >= 15 is 0 Å². The SMILES string of the molecule is CCn1c(CNC(=O)c2ccc(C)c(NC(=O)c3ccccc3)c2)n[nH]c1=S. The Labute approximate surface area is 167 Å². The fourth-order valence-corrected chi connectivity index (χ4v) is 3.03. The lowest BCUT2D eigenvalue weighted by Gasteiger charge is -2.11. The predicted octanol–water partition coefficient (Wildman–Crippen LogP) is 3.45. The Morgan fingerprint density at radius 3 is 2.57 bits per heavy atom. The summed E-state index contributed by atoms with van der Waals surface area (Å²) in [5.41, 5.74) is 2.47. The average molecular weight is 395 g/mol. The van der Waals surface area contributed by atoms with Gasteiger partial charge in [0, 0.05) is 23.4 Å². The molecule has 0 aliphatic carbocycles. The molecule has 2 amide bonds. The number of H-pyrrole nitrogens is 1. The molecule has 0 unspecified atom stereocenters. The number of hydrogen-bond acceptors (Lipinski definition) is 4. The van der Waals surface area contributed by atoms with E-state index in [9.17, 15) is 9.59 Å². The summed E-state index contributed by atoms with van der Waals surface area (Å²) in [4.78, 5) is 24.9. The van der Waals surface area contributed by atoms with E-state index in [0.29, 0.717) is 34.0 Å². The topological polar surface area (TPSA) is 91.8 Å². The van der Waals surface area contributed by atoms with Gasteiger partial charge in [-0.25, -0.2) is 0 Å². The van der Waals surface area contributed by atoms with Gasteiger partial charge in [-0.1, -0.05) is 24.3 Å². The zero-order valence-electron chi connectivity index (χ0n) is 15.7. The van der Waals surface area contributed by atoms with Gasteiger partial charge in [0.05, 0.1) is 6.54 Å². The van der Waals surface area contributed by atoms with E-state index in [1.165, 1.54) is 0 Å². The van der Waals surface area contributed by atoms with Crippen molar-refractivity contribution in [1.29, 1.82) is 0 Å². The lowest BCUT2D eigenvalue weighted by molar-refractivity contribution is 0.0948. The molecule has 0 bridgehead atoms. The summed E-state index contributed by atoms with van der Waals surface area (Å²) in [5.74, 6) is 0.178. The summed E-state index contributed by atoms with van der Waals surface area (Å²) in [6.45, 7) is 4.75. The molecule has 0 saturated heterocycles. The van der Waals surface area contributed by atoms with Crippen molar-refractivity contribution >= 4 is 29.7 Å². The van der Waals surface area contributed by atoms with Crippen LogP contribution in [0.4, 0.5) is 5.69 Å². The first-order chi connectivity index (χ1) is 13.5. The number of aromatic nitrogens is 3. The third kappa shape index (κ3) is 4.34. The number of benzene rings is 2. The molecule has 0 aliphatic heterocycles. The molecular weight excluding hydrogens is 374 g/mol. The molecule has 0 spiro atoms. The Morgan fingerprint density at radius 2 is 1.86 bits per heavy atom. The van der Waals surface area contributed by atoms with Gasteiger partial charge >= 0.3 is 0 Å². The summed E-state index contributed by atoms with van der Waals surface area (Å²) < 4.78 is 2.34. The molecule has 0 saturated carbocycles. The van der Waals surface area contributed by atoms with Gasteiger partial charge in [-0.3, -0.25) is 14.7 Å². The van der Waals surface area contributed by atoms with Crippen molar-refractivity contribution < 1.29 is 9.59 Å². The zero-order chi connectivity index (χ0) is 20.1. The van der Waals surface area contributed by atoms with Gasteiger partial charge < -0.3 is 15.2 Å². The number of anilines is 1. The minimum atomic E-state index is -0.258. The van der Waals surface area contributed by atoms with Crippen molar-refractivity contribution in [2.45, 2.75) is 26.9 Å². The lowest BCUT2D eigenvalue weighted by Crippen LogP contribution is -2.25. The van der Waals surface area contributed by atoms with Crippen LogP contribution in [-0.2, 0) is 13.1 Å². The van der Waals surface area contributed by atoms with Gasteiger partial charge in [-0.15, -0.1) is 0 Å². The Kier molecular flexibility index (Phi) is 6.00. The van der Waals surface area contributed by atoms with Gasteiger partial charge in [-0.05, 0) is 55.9 Å². The standard InChI is InChI=1S/C20H21N5O2S/c1-3-25-17(23-24-20(25)28)12-21-18(26)15-10-9-13(2)16(11-15)22-19(27)14-7-5-4-6-8-14/h4-11H,3,12H2,1-2H3,(H,21,26)(H,22,27)(H,24,28). The highest BCUT2D eigenvalue weighted by atomic mass is 32.1. The van der Waals surface area contributed by atoms with Crippen molar-refractivity contribution in [2.75, 3.05) is 5.32 Å². The number of rotatable bonds is 6. The highest BCUT2D eigenvalue weighted by Crippen LogP contribution is 2.18. The molecule has 0 aliphatic rings. The molecule has 8 heteroatoms. The van der Waals surface area contributed by atoms with Crippen LogP contribution in [0.5, 0.6) is 0 Å². The Morgan fingerprint density at radius 1 is 1.11 bits per heavy atom. The van der Waals surface area contributed by atoms with Crippen LogP contribution in [0, 0.1) is 11.7 Å². The van der Waals surface area contributed by atoms with Crippen molar-refractivity contribution in [3.8, 4) is 0 Å². The minimum Gasteiger partial charge on any atom is -0.345 e. The fraction of sp³-hybridized carbons (Fsp3) is 0.200. The number of amides is 2. The monoisotopic (exact) mass is 395 g/mol. The maximum Gasteiger partial charge on any atom is 0.255 e. The number of carbonyl (C=O) groups is 2. The summed E-state index contributed by atoms with van der Waals surface area (Å²) >= 11 is 5.15. The molecule has 28 heavy (non-hydrogen) atoms. The molecule has 1 heterocycles. The molecule has 3 N–H and O–H groups in total. The van der Waals surface area contributed by atoms with Gasteiger partial charge in [0.15, 0.2) is 10.6 Å². The summed E-state index contributed by atoms with van der Waals surface area (Å²) in [7, 11) is 0. The van der Waals surface area contributed by atoms with Crippen LogP contribution in [0.3, 0.4) is 0 Å². The van der Waals surface area contributed by atoms with E-state index in [2.05, 4.69) is 20.8 Å². The van der Waals surface area contributed by atoms with Crippen LogP contribution >= 0.6 is 12.2 Å². The van der Waals surface area contributed by atoms with Crippen LogP contribution < -0.4 is 10.6 Å². The van der Waals surface area contributed by atoms with Gasteiger partial charge in [-0.2, -0.15) is 5.10 Å². The van der Waals surface area contributed by atoms with E-state index in [4.69, 9.17) is 12.2 Å². The largest absolute Gasteiger partial charge is 0.345 e. The summed E-state index contributed by atoms with van der Waals surface area (Å²) in [6.07, 6.45) is 0. The van der Waals surface area contributed by atoms with Crippen LogP contribution in [0.15, 0.2) is 48.5 Å². The maximum absolute atomic E-state index is 12.5. The third-order valence-electron chi connectivity index (χ3n) is 4.34. The van der Waals surface area contributed by atoms with Gasteiger partial charge in [0.25, 0.3) is 11.8 Å². The second-order valence-electron chi connectivity index (χ2n) is 6.22. The Balaban J connectivity index is 1.72. The molecule has 3 rings (SSSR count). The molecule has 3 aromatic rings. The second-order valence-corrected chi connectivity index (χ2v) is 6.61.